The smallest absolute Gasteiger partial charge is 0.407 e. The van der Waals surface area contributed by atoms with Crippen LogP contribution in [-0.4, -0.2) is 42.3 Å². The molecule has 7 heteroatoms. The number of hydrogen-bond donors (Lipinski definition) is 3. The molecule has 0 bridgehead atoms. The molecule has 4 rings (SSSR count). The lowest BCUT2D eigenvalue weighted by molar-refractivity contribution is -0.143. The van der Waals surface area contributed by atoms with Crippen LogP contribution in [0.25, 0.3) is 11.1 Å². The van der Waals surface area contributed by atoms with E-state index in [-0.39, 0.29) is 30.9 Å². The fourth-order valence-corrected chi connectivity index (χ4v) is 4.36. The van der Waals surface area contributed by atoms with Crippen LogP contribution in [0.1, 0.15) is 43.2 Å². The van der Waals surface area contributed by atoms with Crippen LogP contribution < -0.4 is 10.6 Å². The minimum absolute atomic E-state index is 0.00375. The number of carboxylic acid groups (broad SMARTS) is 1. The molecule has 2 aromatic carbocycles. The van der Waals surface area contributed by atoms with E-state index in [0.29, 0.717) is 6.42 Å². The van der Waals surface area contributed by atoms with Crippen molar-refractivity contribution in [1.29, 1.82) is 0 Å². The van der Waals surface area contributed by atoms with E-state index in [1.165, 1.54) is 0 Å². The molecule has 1 saturated carbocycles. The average molecular weight is 437 g/mol. The van der Waals surface area contributed by atoms with E-state index in [1.54, 1.807) is 0 Å². The molecular weight excluding hydrogens is 408 g/mol. The Morgan fingerprint density at radius 2 is 1.62 bits per heavy atom. The van der Waals surface area contributed by atoms with E-state index in [0.717, 1.165) is 35.1 Å². The van der Waals surface area contributed by atoms with E-state index in [4.69, 9.17) is 4.74 Å². The topological polar surface area (TPSA) is 105 Å². The van der Waals surface area contributed by atoms with Gasteiger partial charge < -0.3 is 20.5 Å². The fraction of sp³-hybridized carbons (Fsp3) is 0.400. The second-order valence-corrected chi connectivity index (χ2v) is 8.47. The summed E-state index contributed by atoms with van der Waals surface area (Å²) < 4.78 is 5.51. The van der Waals surface area contributed by atoms with Gasteiger partial charge in [-0.15, -0.1) is 0 Å². The van der Waals surface area contributed by atoms with Gasteiger partial charge in [-0.2, -0.15) is 0 Å². The summed E-state index contributed by atoms with van der Waals surface area (Å²) in [5.74, 6) is -1.92. The number of fused-ring (bicyclic) bond motifs is 3. The fourth-order valence-electron chi connectivity index (χ4n) is 4.36. The summed E-state index contributed by atoms with van der Waals surface area (Å²) in [6, 6.07) is 15.4. The predicted octanol–water partition coefficient (Wildman–Crippen LogP) is 3.53. The Hall–Kier alpha value is -3.35. The number of carbonyl (C=O) groups is 3. The third-order valence-electron chi connectivity index (χ3n) is 6.36. The lowest BCUT2D eigenvalue weighted by Gasteiger charge is -2.20. The van der Waals surface area contributed by atoms with Crippen molar-refractivity contribution in [2.75, 3.05) is 13.2 Å². The maximum atomic E-state index is 12.5. The van der Waals surface area contributed by atoms with E-state index < -0.39 is 24.0 Å². The van der Waals surface area contributed by atoms with Gasteiger partial charge in [0.2, 0.25) is 5.91 Å². The first-order valence-corrected chi connectivity index (χ1v) is 11.1. The Balaban J connectivity index is 1.31. The van der Waals surface area contributed by atoms with Gasteiger partial charge in [-0.05, 0) is 47.4 Å². The molecule has 0 saturated heterocycles. The van der Waals surface area contributed by atoms with Crippen molar-refractivity contribution in [2.45, 2.75) is 38.1 Å². The van der Waals surface area contributed by atoms with E-state index >= 15 is 0 Å². The Kier molecular flexibility index (Phi) is 6.44. The zero-order valence-electron chi connectivity index (χ0n) is 18.0. The van der Waals surface area contributed by atoms with Gasteiger partial charge >= 0.3 is 12.1 Å². The first kappa shape index (κ1) is 21.9. The zero-order chi connectivity index (χ0) is 22.7. The molecule has 3 N–H and O–H groups in total. The SMILES string of the molecule is CCC(CNC(=O)OCC1c2ccccc2-c2ccccc21)C(=O)NC(C(=O)O)C1CC1. The third-order valence-corrected chi connectivity index (χ3v) is 6.36. The van der Waals surface area contributed by atoms with Crippen molar-refractivity contribution in [2.24, 2.45) is 11.8 Å². The molecule has 0 heterocycles. The Morgan fingerprint density at radius 3 is 2.16 bits per heavy atom. The Morgan fingerprint density at radius 1 is 1.03 bits per heavy atom. The summed E-state index contributed by atoms with van der Waals surface area (Å²) >= 11 is 0. The second kappa shape index (κ2) is 9.42. The summed E-state index contributed by atoms with van der Waals surface area (Å²) in [5, 5.41) is 14.6. The summed E-state index contributed by atoms with van der Waals surface area (Å²) in [5.41, 5.74) is 4.58. The van der Waals surface area contributed by atoms with Crippen molar-refractivity contribution < 1.29 is 24.2 Å². The molecule has 2 aliphatic rings. The molecule has 1 fully saturated rings. The standard InChI is InChI=1S/C25H28N2O5/c1-2-15(23(28)27-22(24(29)30)16-11-12-16)13-26-25(31)32-14-21-19-9-5-3-7-17(19)18-8-4-6-10-20(18)21/h3-10,15-16,21-22H,2,11-14H2,1H3,(H,26,31)(H,27,28)(H,29,30). The molecule has 0 radical (unpaired) electrons. The Labute approximate surface area is 187 Å². The largest absolute Gasteiger partial charge is 0.480 e. The maximum absolute atomic E-state index is 12.5. The molecule has 2 aromatic rings. The van der Waals surface area contributed by atoms with Crippen LogP contribution in [0, 0.1) is 11.8 Å². The van der Waals surface area contributed by atoms with Crippen molar-refractivity contribution in [3.8, 4) is 11.1 Å². The molecule has 32 heavy (non-hydrogen) atoms. The second-order valence-electron chi connectivity index (χ2n) is 8.47. The minimum Gasteiger partial charge on any atom is -0.480 e. The normalized spacial score (nSPS) is 16.4. The number of carbonyl (C=O) groups excluding carboxylic acids is 2. The number of alkyl carbamates (subject to hydrolysis) is 1. The number of benzene rings is 2. The van der Waals surface area contributed by atoms with Crippen LogP contribution in [0.5, 0.6) is 0 Å². The van der Waals surface area contributed by atoms with Gasteiger partial charge in [-0.3, -0.25) is 4.79 Å². The van der Waals surface area contributed by atoms with E-state index in [2.05, 4.69) is 34.9 Å². The number of amides is 2. The van der Waals surface area contributed by atoms with Crippen molar-refractivity contribution >= 4 is 18.0 Å². The molecular formula is C25H28N2O5. The monoisotopic (exact) mass is 436 g/mol. The number of ether oxygens (including phenoxy) is 1. The van der Waals surface area contributed by atoms with Crippen LogP contribution in [0.2, 0.25) is 0 Å². The van der Waals surface area contributed by atoms with Crippen LogP contribution in [0.15, 0.2) is 48.5 Å². The average Bonchev–Trinajstić information content (AvgIpc) is 3.58. The first-order valence-electron chi connectivity index (χ1n) is 11.1. The molecule has 0 aromatic heterocycles. The maximum Gasteiger partial charge on any atom is 0.407 e. The quantitative estimate of drug-likeness (QED) is 0.558. The molecule has 2 unspecified atom stereocenters. The van der Waals surface area contributed by atoms with Gasteiger partial charge in [-0.1, -0.05) is 55.5 Å². The number of carboxylic acids is 1. The van der Waals surface area contributed by atoms with Crippen LogP contribution in [0.3, 0.4) is 0 Å². The zero-order valence-corrected chi connectivity index (χ0v) is 18.0. The minimum atomic E-state index is -1.01. The molecule has 2 atom stereocenters. The number of aliphatic carboxylic acids is 1. The number of rotatable bonds is 9. The van der Waals surface area contributed by atoms with E-state index in [9.17, 15) is 19.5 Å². The lowest BCUT2D eigenvalue weighted by Crippen LogP contribution is -2.47. The number of nitrogens with one attached hydrogen (secondary N) is 2. The van der Waals surface area contributed by atoms with Crippen LogP contribution in [-0.2, 0) is 14.3 Å². The first-order chi connectivity index (χ1) is 15.5. The highest BCUT2D eigenvalue weighted by molar-refractivity contribution is 5.86. The van der Waals surface area contributed by atoms with Crippen molar-refractivity contribution in [3.05, 3.63) is 59.7 Å². The molecule has 0 aliphatic heterocycles. The third kappa shape index (κ3) is 4.61. The van der Waals surface area contributed by atoms with Gasteiger partial charge in [-0.25, -0.2) is 9.59 Å². The highest BCUT2D eigenvalue weighted by Gasteiger charge is 2.38. The van der Waals surface area contributed by atoms with Crippen LogP contribution in [0.4, 0.5) is 4.79 Å². The van der Waals surface area contributed by atoms with Gasteiger partial charge in [0.25, 0.3) is 0 Å². The molecule has 2 amide bonds. The summed E-state index contributed by atoms with van der Waals surface area (Å²) in [6.07, 6.45) is 1.51. The molecule has 2 aliphatic carbocycles. The lowest BCUT2D eigenvalue weighted by atomic mass is 9.98. The molecule has 168 valence electrons. The van der Waals surface area contributed by atoms with Crippen molar-refractivity contribution in [1.82, 2.24) is 10.6 Å². The van der Waals surface area contributed by atoms with Gasteiger partial charge in [0.15, 0.2) is 0 Å². The highest BCUT2D eigenvalue weighted by atomic mass is 16.5. The molecule has 7 nitrogen and oxygen atoms in total. The van der Waals surface area contributed by atoms with Crippen LogP contribution >= 0.6 is 0 Å². The summed E-state index contributed by atoms with van der Waals surface area (Å²) in [7, 11) is 0. The van der Waals surface area contributed by atoms with Gasteiger partial charge in [0.1, 0.15) is 12.6 Å². The van der Waals surface area contributed by atoms with Gasteiger partial charge in [0, 0.05) is 12.5 Å². The summed E-state index contributed by atoms with van der Waals surface area (Å²) in [6.45, 7) is 2.12. The highest BCUT2D eigenvalue weighted by Crippen LogP contribution is 2.44. The summed E-state index contributed by atoms with van der Waals surface area (Å²) in [4.78, 5) is 36.2. The Bertz CT molecular complexity index is 971. The number of hydrogen-bond acceptors (Lipinski definition) is 4. The van der Waals surface area contributed by atoms with Gasteiger partial charge in [0.05, 0.1) is 5.92 Å². The predicted molar refractivity (Wildman–Crippen MR) is 119 cm³/mol. The van der Waals surface area contributed by atoms with Crippen molar-refractivity contribution in [3.63, 3.8) is 0 Å². The molecule has 0 spiro atoms. The van der Waals surface area contributed by atoms with E-state index in [1.807, 2.05) is 31.2 Å².